The molecule has 3 aliphatic rings. The molecule has 6 heteroatoms. The Morgan fingerprint density at radius 2 is 2.23 bits per heavy atom. The number of guanidine groups is 1. The number of nitrogens with zero attached hydrogens (tertiary/aromatic N) is 3. The van der Waals surface area contributed by atoms with Crippen molar-refractivity contribution in [3.63, 3.8) is 0 Å². The van der Waals surface area contributed by atoms with E-state index in [1.54, 1.807) is 0 Å². The lowest BCUT2D eigenvalue weighted by Gasteiger charge is -2.26. The number of likely N-dealkylation sites (tertiary alicyclic amines) is 1. The maximum atomic E-state index is 5.61. The fourth-order valence-corrected chi connectivity index (χ4v) is 3.77. The highest BCUT2D eigenvalue weighted by Gasteiger charge is 2.42. The zero-order valence-corrected chi connectivity index (χ0v) is 16.3. The molecule has 0 aromatic heterocycles. The fraction of sp³-hybridized carbons (Fsp3) is 0.938. The Hall–Kier alpha value is -0.0800. The van der Waals surface area contributed by atoms with Gasteiger partial charge in [-0.1, -0.05) is 6.92 Å². The van der Waals surface area contributed by atoms with Gasteiger partial charge in [0, 0.05) is 51.3 Å². The molecule has 3 rings (SSSR count). The molecule has 0 radical (unpaired) electrons. The van der Waals surface area contributed by atoms with Crippen LogP contribution in [0.3, 0.4) is 0 Å². The van der Waals surface area contributed by atoms with Crippen LogP contribution in [-0.2, 0) is 4.74 Å². The third-order valence-corrected chi connectivity index (χ3v) is 5.29. The van der Waals surface area contributed by atoms with Crippen LogP contribution in [0.4, 0.5) is 0 Å². The quantitative estimate of drug-likeness (QED) is 0.417. The van der Waals surface area contributed by atoms with E-state index in [2.05, 4.69) is 27.0 Å². The number of hydrogen-bond donors (Lipinski definition) is 1. The number of likely N-dealkylation sites (N-methyl/N-ethyl adjacent to an activating group) is 1. The van der Waals surface area contributed by atoms with Crippen molar-refractivity contribution in [3.8, 4) is 0 Å². The Morgan fingerprint density at radius 3 is 2.82 bits per heavy atom. The van der Waals surface area contributed by atoms with Crippen LogP contribution < -0.4 is 5.32 Å². The van der Waals surface area contributed by atoms with Crippen LogP contribution in [0.5, 0.6) is 0 Å². The Kier molecular flexibility index (Phi) is 6.76. The maximum absolute atomic E-state index is 5.61. The second-order valence-electron chi connectivity index (χ2n) is 6.81. The average Bonchev–Trinajstić information content (AvgIpc) is 3.11. The zero-order valence-electron chi connectivity index (χ0n) is 14.0. The molecule has 22 heavy (non-hydrogen) atoms. The van der Waals surface area contributed by atoms with Gasteiger partial charge in [-0.2, -0.15) is 0 Å². The van der Waals surface area contributed by atoms with Crippen molar-refractivity contribution in [1.29, 1.82) is 0 Å². The molecule has 1 atom stereocenters. The molecule has 1 N–H and O–H groups in total. The molecule has 1 aliphatic carbocycles. The monoisotopic (exact) mass is 422 g/mol. The van der Waals surface area contributed by atoms with Crippen LogP contribution in [0.25, 0.3) is 0 Å². The molecule has 3 fully saturated rings. The highest BCUT2D eigenvalue weighted by molar-refractivity contribution is 14.0. The van der Waals surface area contributed by atoms with Gasteiger partial charge in [0.05, 0.1) is 6.61 Å². The predicted octanol–water partition coefficient (Wildman–Crippen LogP) is 1.78. The first-order valence-electron chi connectivity index (χ1n) is 8.54. The van der Waals surface area contributed by atoms with E-state index >= 15 is 0 Å². The van der Waals surface area contributed by atoms with E-state index in [1.807, 2.05) is 7.05 Å². The van der Waals surface area contributed by atoms with E-state index in [1.165, 1.54) is 25.7 Å². The van der Waals surface area contributed by atoms with Gasteiger partial charge in [-0.25, -0.2) is 0 Å². The van der Waals surface area contributed by atoms with Crippen LogP contribution in [0.15, 0.2) is 4.99 Å². The van der Waals surface area contributed by atoms with Gasteiger partial charge in [0.1, 0.15) is 0 Å². The average molecular weight is 422 g/mol. The first-order valence-corrected chi connectivity index (χ1v) is 8.54. The Morgan fingerprint density at radius 1 is 1.41 bits per heavy atom. The molecule has 2 aliphatic heterocycles. The van der Waals surface area contributed by atoms with E-state index < -0.39 is 0 Å². The molecule has 128 valence electrons. The first kappa shape index (κ1) is 18.3. The zero-order chi connectivity index (χ0) is 14.7. The summed E-state index contributed by atoms with van der Waals surface area (Å²) in [6.07, 6.45) is 5.23. The third-order valence-electron chi connectivity index (χ3n) is 5.29. The highest BCUT2D eigenvalue weighted by atomic mass is 127. The molecule has 0 aromatic rings. The second kappa shape index (κ2) is 8.15. The van der Waals surface area contributed by atoms with Gasteiger partial charge in [0.25, 0.3) is 0 Å². The first-order chi connectivity index (χ1) is 10.3. The summed E-state index contributed by atoms with van der Waals surface area (Å²) in [5.74, 6) is 1.07. The van der Waals surface area contributed by atoms with Gasteiger partial charge in [-0.15, -0.1) is 24.0 Å². The normalized spacial score (nSPS) is 28.5. The second-order valence-corrected chi connectivity index (χ2v) is 6.81. The van der Waals surface area contributed by atoms with E-state index in [0.29, 0.717) is 5.41 Å². The predicted molar refractivity (Wildman–Crippen MR) is 101 cm³/mol. The molecule has 1 saturated carbocycles. The molecule has 0 amide bonds. The van der Waals surface area contributed by atoms with Gasteiger partial charge >= 0.3 is 0 Å². The molecule has 0 bridgehead atoms. The van der Waals surface area contributed by atoms with Crippen molar-refractivity contribution >= 4 is 29.9 Å². The highest BCUT2D eigenvalue weighted by Crippen LogP contribution is 2.38. The lowest BCUT2D eigenvalue weighted by Crippen LogP contribution is -2.44. The molecular formula is C16H31IN4O. The Labute approximate surface area is 151 Å². The van der Waals surface area contributed by atoms with Crippen molar-refractivity contribution < 1.29 is 4.74 Å². The largest absolute Gasteiger partial charge is 0.381 e. The molecule has 5 nitrogen and oxygen atoms in total. The van der Waals surface area contributed by atoms with Crippen LogP contribution in [0, 0.1) is 5.41 Å². The summed E-state index contributed by atoms with van der Waals surface area (Å²) in [5, 5.41) is 3.56. The lowest BCUT2D eigenvalue weighted by atomic mass is 9.87. The number of ether oxygens (including phenoxy) is 1. The fourth-order valence-electron chi connectivity index (χ4n) is 3.77. The standard InChI is InChI=1S/C16H30N4O.HI/c1-3-19(14-4-5-14)10-8-18-15(17-2)20-9-6-16(12-20)7-11-21-13-16;/h14H,3-13H2,1-2H3,(H,17,18);1H. The van der Waals surface area contributed by atoms with Crippen molar-refractivity contribution in [3.05, 3.63) is 0 Å². The van der Waals surface area contributed by atoms with Gasteiger partial charge in [-0.3, -0.25) is 9.89 Å². The van der Waals surface area contributed by atoms with Gasteiger partial charge in [0.2, 0.25) is 0 Å². The lowest BCUT2D eigenvalue weighted by molar-refractivity contribution is 0.156. The summed E-state index contributed by atoms with van der Waals surface area (Å²) >= 11 is 0. The van der Waals surface area contributed by atoms with Gasteiger partial charge < -0.3 is 15.0 Å². The Balaban J connectivity index is 0.00000176. The number of hydrogen-bond acceptors (Lipinski definition) is 3. The molecule has 0 aromatic carbocycles. The summed E-state index contributed by atoms with van der Waals surface area (Å²) in [6.45, 7) is 9.64. The molecule has 1 unspecified atom stereocenters. The minimum absolute atomic E-state index is 0. The molecule has 2 heterocycles. The number of nitrogens with one attached hydrogen (secondary N) is 1. The summed E-state index contributed by atoms with van der Waals surface area (Å²) in [7, 11) is 1.90. The van der Waals surface area contributed by atoms with Gasteiger partial charge in [-0.05, 0) is 32.2 Å². The van der Waals surface area contributed by atoms with Crippen LogP contribution >= 0.6 is 24.0 Å². The van der Waals surface area contributed by atoms with E-state index in [4.69, 9.17) is 4.74 Å². The maximum Gasteiger partial charge on any atom is 0.193 e. The van der Waals surface area contributed by atoms with Crippen LogP contribution in [0.2, 0.25) is 0 Å². The minimum atomic E-state index is 0. The third kappa shape index (κ3) is 4.26. The molecular weight excluding hydrogens is 391 g/mol. The number of rotatable bonds is 5. The van der Waals surface area contributed by atoms with Crippen molar-refractivity contribution in [1.82, 2.24) is 15.1 Å². The number of halogens is 1. The SMILES string of the molecule is CCN(CCNC(=NC)N1CCC2(CCOC2)C1)C1CC1.I. The van der Waals surface area contributed by atoms with Crippen molar-refractivity contribution in [2.75, 3.05) is 53.0 Å². The summed E-state index contributed by atoms with van der Waals surface area (Å²) in [5.41, 5.74) is 0.404. The topological polar surface area (TPSA) is 40.1 Å². The van der Waals surface area contributed by atoms with E-state index in [-0.39, 0.29) is 24.0 Å². The van der Waals surface area contributed by atoms with Gasteiger partial charge in [0.15, 0.2) is 5.96 Å². The molecule has 1 spiro atoms. The summed E-state index contributed by atoms with van der Waals surface area (Å²) in [6, 6.07) is 0.851. The van der Waals surface area contributed by atoms with E-state index in [0.717, 1.165) is 57.9 Å². The van der Waals surface area contributed by atoms with Crippen molar-refractivity contribution in [2.24, 2.45) is 10.4 Å². The van der Waals surface area contributed by atoms with E-state index in [9.17, 15) is 0 Å². The molecule has 2 saturated heterocycles. The minimum Gasteiger partial charge on any atom is -0.381 e. The van der Waals surface area contributed by atoms with Crippen LogP contribution in [0.1, 0.15) is 32.6 Å². The van der Waals surface area contributed by atoms with Crippen molar-refractivity contribution in [2.45, 2.75) is 38.6 Å². The summed E-state index contributed by atoms with van der Waals surface area (Å²) in [4.78, 5) is 9.48. The van der Waals surface area contributed by atoms with Crippen LogP contribution in [-0.4, -0.2) is 74.8 Å². The smallest absolute Gasteiger partial charge is 0.193 e. The Bertz CT molecular complexity index is 380. The summed E-state index contributed by atoms with van der Waals surface area (Å²) < 4.78 is 5.61. The number of aliphatic imine (C=N–C) groups is 1.